The van der Waals surface area contributed by atoms with E-state index in [0.717, 1.165) is 16.8 Å². The van der Waals surface area contributed by atoms with Crippen molar-refractivity contribution in [3.63, 3.8) is 0 Å². The van der Waals surface area contributed by atoms with Crippen molar-refractivity contribution in [1.82, 2.24) is 10.2 Å². The monoisotopic (exact) mass is 122 g/mol. The number of H-pyrrole nitrogens is 1. The number of aromatic amines is 1. The largest absolute Gasteiger partial charge is 0.285 e. The Hall–Kier alpha value is -1.05. The van der Waals surface area contributed by atoms with Gasteiger partial charge < -0.3 is 0 Å². The average molecular weight is 122 g/mol. The first-order valence-electron chi connectivity index (χ1n) is 2.88. The van der Waals surface area contributed by atoms with E-state index in [-0.39, 0.29) is 0 Å². The van der Waals surface area contributed by atoms with Crippen molar-refractivity contribution in [2.24, 2.45) is 0 Å². The molecule has 0 aliphatic rings. The maximum atomic E-state index is 3.95. The third-order valence-corrected chi connectivity index (χ3v) is 1.29. The van der Waals surface area contributed by atoms with Crippen LogP contribution in [0.4, 0.5) is 0 Å². The van der Waals surface area contributed by atoms with Crippen LogP contribution in [0.3, 0.4) is 0 Å². The molecule has 0 fully saturated rings. The van der Waals surface area contributed by atoms with Crippen molar-refractivity contribution < 1.29 is 0 Å². The fourth-order valence-electron chi connectivity index (χ4n) is 0.790. The molecule has 9 heavy (non-hydrogen) atoms. The number of aromatic nitrogens is 2. The fourth-order valence-corrected chi connectivity index (χ4v) is 0.790. The van der Waals surface area contributed by atoms with Crippen molar-refractivity contribution in [1.29, 1.82) is 0 Å². The Morgan fingerprint density at radius 3 is 2.67 bits per heavy atom. The molecule has 0 saturated heterocycles. The van der Waals surface area contributed by atoms with Gasteiger partial charge in [-0.05, 0) is 19.4 Å². The van der Waals surface area contributed by atoms with Crippen LogP contribution in [0.15, 0.2) is 12.8 Å². The summed E-state index contributed by atoms with van der Waals surface area (Å²) >= 11 is 0. The Bertz CT molecular complexity index is 223. The molecular formula is C7H10N2. The molecule has 0 aromatic carbocycles. The van der Waals surface area contributed by atoms with Crippen LogP contribution in [-0.2, 0) is 0 Å². The lowest BCUT2D eigenvalue weighted by atomic mass is 10.1. The highest BCUT2D eigenvalue weighted by molar-refractivity contribution is 5.62. The Balaban J connectivity index is 3.08. The summed E-state index contributed by atoms with van der Waals surface area (Å²) in [4.78, 5) is 0. The minimum atomic E-state index is 1.02. The topological polar surface area (TPSA) is 28.7 Å². The molecule has 1 heterocycles. The Morgan fingerprint density at radius 2 is 2.44 bits per heavy atom. The van der Waals surface area contributed by atoms with E-state index in [4.69, 9.17) is 0 Å². The molecule has 1 N–H and O–H groups in total. The summed E-state index contributed by atoms with van der Waals surface area (Å²) < 4.78 is 0. The molecule has 0 amide bonds. The fraction of sp³-hybridized carbons (Fsp3) is 0.286. The number of nitrogens with one attached hydrogen (secondary N) is 1. The molecule has 2 nitrogen and oxygen atoms in total. The summed E-state index contributed by atoms with van der Waals surface area (Å²) in [6.45, 7) is 7.73. The second-order valence-corrected chi connectivity index (χ2v) is 2.16. The Kier molecular flexibility index (Phi) is 1.39. The molecule has 0 bridgehead atoms. The van der Waals surface area contributed by atoms with Gasteiger partial charge in [-0.25, -0.2) is 0 Å². The van der Waals surface area contributed by atoms with E-state index in [9.17, 15) is 0 Å². The SMILES string of the molecule is C=C(C)c1c[nH]nc1C. The third-order valence-electron chi connectivity index (χ3n) is 1.29. The van der Waals surface area contributed by atoms with Crippen molar-refractivity contribution in [2.75, 3.05) is 0 Å². The maximum absolute atomic E-state index is 3.95. The van der Waals surface area contributed by atoms with Crippen molar-refractivity contribution in [3.05, 3.63) is 24.0 Å². The number of nitrogens with zero attached hydrogens (tertiary/aromatic N) is 1. The number of hydrogen-bond acceptors (Lipinski definition) is 1. The highest BCUT2D eigenvalue weighted by Gasteiger charge is 1.98. The molecule has 0 saturated carbocycles. The van der Waals surface area contributed by atoms with Gasteiger partial charge in [0.15, 0.2) is 0 Å². The van der Waals surface area contributed by atoms with E-state index >= 15 is 0 Å². The van der Waals surface area contributed by atoms with Crippen LogP contribution in [0.5, 0.6) is 0 Å². The van der Waals surface area contributed by atoms with E-state index in [1.54, 1.807) is 0 Å². The van der Waals surface area contributed by atoms with E-state index in [2.05, 4.69) is 16.8 Å². The summed E-state index contributed by atoms with van der Waals surface area (Å²) in [7, 11) is 0. The number of aryl methyl sites for hydroxylation is 1. The van der Waals surface area contributed by atoms with Gasteiger partial charge in [-0.1, -0.05) is 6.58 Å². The highest BCUT2D eigenvalue weighted by atomic mass is 15.1. The first-order valence-corrected chi connectivity index (χ1v) is 2.88. The van der Waals surface area contributed by atoms with Gasteiger partial charge in [-0.2, -0.15) is 5.10 Å². The first-order chi connectivity index (χ1) is 4.22. The first kappa shape index (κ1) is 6.08. The Morgan fingerprint density at radius 1 is 1.78 bits per heavy atom. The van der Waals surface area contributed by atoms with Crippen molar-refractivity contribution in [3.8, 4) is 0 Å². The summed E-state index contributed by atoms with van der Waals surface area (Å²) in [5.74, 6) is 0. The van der Waals surface area contributed by atoms with Crippen molar-refractivity contribution >= 4 is 5.57 Å². The van der Waals surface area contributed by atoms with Crippen LogP contribution in [0.1, 0.15) is 18.2 Å². The zero-order valence-corrected chi connectivity index (χ0v) is 5.73. The molecular weight excluding hydrogens is 112 g/mol. The second kappa shape index (κ2) is 2.05. The van der Waals surface area contributed by atoms with Gasteiger partial charge in [0.2, 0.25) is 0 Å². The zero-order valence-electron chi connectivity index (χ0n) is 5.73. The minimum Gasteiger partial charge on any atom is -0.285 e. The van der Waals surface area contributed by atoms with Crippen LogP contribution in [-0.4, -0.2) is 10.2 Å². The van der Waals surface area contributed by atoms with Gasteiger partial charge in [-0.15, -0.1) is 0 Å². The predicted octanol–water partition coefficient (Wildman–Crippen LogP) is 1.75. The molecule has 1 aromatic rings. The van der Waals surface area contributed by atoms with Gasteiger partial charge in [0.05, 0.1) is 5.69 Å². The van der Waals surface area contributed by atoms with Gasteiger partial charge in [0, 0.05) is 11.8 Å². The second-order valence-electron chi connectivity index (χ2n) is 2.16. The van der Waals surface area contributed by atoms with Crippen molar-refractivity contribution in [2.45, 2.75) is 13.8 Å². The van der Waals surface area contributed by atoms with Crippen LogP contribution in [0, 0.1) is 6.92 Å². The summed E-state index contributed by atoms with van der Waals surface area (Å²) in [5.41, 5.74) is 3.19. The Labute approximate surface area is 54.6 Å². The van der Waals surface area contributed by atoms with Gasteiger partial charge in [0.25, 0.3) is 0 Å². The lowest BCUT2D eigenvalue weighted by Crippen LogP contribution is -1.77. The molecule has 1 rings (SSSR count). The van der Waals surface area contributed by atoms with Gasteiger partial charge in [-0.3, -0.25) is 5.10 Å². The van der Waals surface area contributed by atoms with Gasteiger partial charge >= 0.3 is 0 Å². The van der Waals surface area contributed by atoms with E-state index in [1.807, 2.05) is 20.0 Å². The average Bonchev–Trinajstić information content (AvgIpc) is 2.13. The van der Waals surface area contributed by atoms with Crippen LogP contribution >= 0.6 is 0 Å². The normalized spacial score (nSPS) is 9.56. The molecule has 0 radical (unpaired) electrons. The molecule has 0 aliphatic carbocycles. The molecule has 2 heteroatoms. The van der Waals surface area contributed by atoms with E-state index in [0.29, 0.717) is 0 Å². The molecule has 0 atom stereocenters. The molecule has 48 valence electrons. The summed E-state index contributed by atoms with van der Waals surface area (Å²) in [5, 5.41) is 6.72. The minimum absolute atomic E-state index is 1.02. The lowest BCUT2D eigenvalue weighted by molar-refractivity contribution is 1.05. The lowest BCUT2D eigenvalue weighted by Gasteiger charge is -1.91. The quantitative estimate of drug-likeness (QED) is 0.604. The predicted molar refractivity (Wildman–Crippen MR) is 38.0 cm³/mol. The zero-order chi connectivity index (χ0) is 6.85. The number of allylic oxidation sites excluding steroid dienone is 1. The molecule has 1 aromatic heterocycles. The van der Waals surface area contributed by atoms with E-state index in [1.165, 1.54) is 0 Å². The van der Waals surface area contributed by atoms with Gasteiger partial charge in [0.1, 0.15) is 0 Å². The van der Waals surface area contributed by atoms with Crippen LogP contribution in [0.2, 0.25) is 0 Å². The summed E-state index contributed by atoms with van der Waals surface area (Å²) in [6.07, 6.45) is 1.86. The maximum Gasteiger partial charge on any atom is 0.0665 e. The standard InChI is InChI=1S/C7H10N2/c1-5(2)7-4-8-9-6(7)3/h4H,1H2,2-3H3,(H,8,9). The van der Waals surface area contributed by atoms with Crippen LogP contribution < -0.4 is 0 Å². The molecule has 0 unspecified atom stereocenters. The molecule has 0 spiro atoms. The van der Waals surface area contributed by atoms with E-state index < -0.39 is 0 Å². The number of rotatable bonds is 1. The summed E-state index contributed by atoms with van der Waals surface area (Å²) in [6, 6.07) is 0. The highest BCUT2D eigenvalue weighted by Crippen LogP contribution is 2.12. The third kappa shape index (κ3) is 1.02. The van der Waals surface area contributed by atoms with Crippen LogP contribution in [0.25, 0.3) is 5.57 Å². The number of hydrogen-bond donors (Lipinski definition) is 1. The molecule has 0 aliphatic heterocycles. The smallest absolute Gasteiger partial charge is 0.0665 e.